The molecule has 84 valence electrons. The van der Waals surface area contributed by atoms with Crippen molar-refractivity contribution in [1.82, 2.24) is 0 Å². The van der Waals surface area contributed by atoms with Gasteiger partial charge in [-0.15, -0.1) is 0 Å². The van der Waals surface area contributed by atoms with Crippen LogP contribution in [0.3, 0.4) is 0 Å². The number of rotatable bonds is 5. The zero-order chi connectivity index (χ0) is 11.3. The van der Waals surface area contributed by atoms with E-state index in [0.29, 0.717) is 5.75 Å². The molecule has 3 N–H and O–H groups in total. The van der Waals surface area contributed by atoms with Crippen LogP contribution < -0.4 is 5.73 Å². The molecule has 0 aliphatic carbocycles. The van der Waals surface area contributed by atoms with E-state index >= 15 is 0 Å². The molecule has 1 aromatic carbocycles. The van der Waals surface area contributed by atoms with Gasteiger partial charge in [0.15, 0.2) is 0 Å². The van der Waals surface area contributed by atoms with Gasteiger partial charge in [0.2, 0.25) is 0 Å². The van der Waals surface area contributed by atoms with Crippen LogP contribution >= 0.6 is 0 Å². The van der Waals surface area contributed by atoms with Crippen molar-refractivity contribution < 1.29 is 5.11 Å². The summed E-state index contributed by atoms with van der Waals surface area (Å²) in [4.78, 5) is 0. The predicted octanol–water partition coefficient (Wildman–Crippen LogP) is 3.15. The molecule has 0 saturated heterocycles. The Morgan fingerprint density at radius 2 is 1.67 bits per heavy atom. The van der Waals surface area contributed by atoms with E-state index in [2.05, 4.69) is 13.8 Å². The molecular weight excluding hydrogens is 186 g/mol. The minimum atomic E-state index is -0.366. The van der Waals surface area contributed by atoms with Crippen molar-refractivity contribution in [1.29, 1.82) is 0 Å². The second kappa shape index (κ2) is 5.17. The summed E-state index contributed by atoms with van der Waals surface area (Å²) in [7, 11) is 0. The van der Waals surface area contributed by atoms with E-state index in [1.807, 2.05) is 18.2 Å². The van der Waals surface area contributed by atoms with Crippen LogP contribution in [0, 0.1) is 0 Å². The van der Waals surface area contributed by atoms with Crippen LogP contribution in [0.25, 0.3) is 0 Å². The highest BCUT2D eigenvalue weighted by atomic mass is 16.3. The summed E-state index contributed by atoms with van der Waals surface area (Å²) in [6.45, 7) is 4.24. The molecular formula is C13H21NO. The number of benzene rings is 1. The second-order valence-electron chi connectivity index (χ2n) is 4.17. The summed E-state index contributed by atoms with van der Waals surface area (Å²) in [5.74, 6) is 0.321. The van der Waals surface area contributed by atoms with E-state index < -0.39 is 0 Å². The Kier molecular flexibility index (Phi) is 4.15. The first-order valence-corrected chi connectivity index (χ1v) is 5.71. The minimum Gasteiger partial charge on any atom is -0.508 e. The van der Waals surface area contributed by atoms with Gasteiger partial charge in [0.05, 0.1) is 0 Å². The molecule has 0 bridgehead atoms. The molecule has 0 aliphatic rings. The summed E-state index contributed by atoms with van der Waals surface area (Å²) in [5.41, 5.74) is 6.90. The van der Waals surface area contributed by atoms with E-state index in [1.54, 1.807) is 6.07 Å². The minimum absolute atomic E-state index is 0.321. The summed E-state index contributed by atoms with van der Waals surface area (Å²) in [5, 5.41) is 9.82. The topological polar surface area (TPSA) is 46.2 Å². The lowest BCUT2D eigenvalue weighted by atomic mass is 9.82. The highest BCUT2D eigenvalue weighted by molar-refractivity contribution is 5.37. The fourth-order valence-electron chi connectivity index (χ4n) is 2.18. The van der Waals surface area contributed by atoms with Gasteiger partial charge in [-0.25, -0.2) is 0 Å². The maximum Gasteiger partial charge on any atom is 0.120 e. The van der Waals surface area contributed by atoms with Gasteiger partial charge < -0.3 is 10.8 Å². The molecule has 0 fully saturated rings. The summed E-state index contributed by atoms with van der Waals surface area (Å²) in [6, 6.07) is 7.40. The van der Waals surface area contributed by atoms with Crippen molar-refractivity contribution in [3.05, 3.63) is 29.8 Å². The van der Waals surface area contributed by atoms with Crippen molar-refractivity contribution in [2.75, 3.05) is 0 Å². The van der Waals surface area contributed by atoms with Gasteiger partial charge in [0.1, 0.15) is 5.75 Å². The van der Waals surface area contributed by atoms with Crippen molar-refractivity contribution in [3.8, 4) is 5.75 Å². The Bertz CT molecular complexity index is 303. The van der Waals surface area contributed by atoms with E-state index in [-0.39, 0.29) is 5.54 Å². The Morgan fingerprint density at radius 3 is 2.13 bits per heavy atom. The van der Waals surface area contributed by atoms with Gasteiger partial charge in [-0.3, -0.25) is 0 Å². The number of hydrogen-bond acceptors (Lipinski definition) is 2. The van der Waals surface area contributed by atoms with Crippen molar-refractivity contribution >= 4 is 0 Å². The molecule has 0 heterocycles. The maximum atomic E-state index is 9.82. The molecule has 15 heavy (non-hydrogen) atoms. The molecule has 1 rings (SSSR count). The van der Waals surface area contributed by atoms with Crippen LogP contribution in [-0.4, -0.2) is 5.11 Å². The van der Waals surface area contributed by atoms with Crippen LogP contribution in [0.5, 0.6) is 5.75 Å². The number of aromatic hydroxyl groups is 1. The third-order valence-corrected chi connectivity index (χ3v) is 2.83. The normalized spacial score (nSPS) is 11.7. The SMILES string of the molecule is CCCC(N)(CCC)c1ccccc1O. The van der Waals surface area contributed by atoms with Gasteiger partial charge in [-0.2, -0.15) is 0 Å². The van der Waals surface area contributed by atoms with E-state index in [9.17, 15) is 5.11 Å². The van der Waals surface area contributed by atoms with E-state index in [4.69, 9.17) is 5.73 Å². The summed E-state index contributed by atoms with van der Waals surface area (Å²) in [6.07, 6.45) is 3.90. The number of phenolic OH excluding ortho intramolecular Hbond substituents is 1. The molecule has 0 amide bonds. The molecule has 0 radical (unpaired) electrons. The Hall–Kier alpha value is -1.02. The van der Waals surface area contributed by atoms with Crippen LogP contribution in [0.4, 0.5) is 0 Å². The quantitative estimate of drug-likeness (QED) is 0.779. The number of phenols is 1. The first kappa shape index (κ1) is 12.1. The van der Waals surface area contributed by atoms with E-state index in [0.717, 1.165) is 31.2 Å². The molecule has 1 aromatic rings. The van der Waals surface area contributed by atoms with Crippen LogP contribution in [0.1, 0.15) is 45.1 Å². The fourth-order valence-corrected chi connectivity index (χ4v) is 2.18. The lowest BCUT2D eigenvalue weighted by molar-refractivity contribution is 0.349. The molecule has 0 unspecified atom stereocenters. The molecule has 0 saturated carbocycles. The van der Waals surface area contributed by atoms with Crippen LogP contribution in [0.15, 0.2) is 24.3 Å². The van der Waals surface area contributed by atoms with Gasteiger partial charge >= 0.3 is 0 Å². The third kappa shape index (κ3) is 2.72. The van der Waals surface area contributed by atoms with Gasteiger partial charge in [-0.1, -0.05) is 44.9 Å². The van der Waals surface area contributed by atoms with Crippen molar-refractivity contribution in [2.24, 2.45) is 5.73 Å². The molecule has 0 atom stereocenters. The number of para-hydroxylation sites is 1. The summed E-state index contributed by atoms with van der Waals surface area (Å²) >= 11 is 0. The summed E-state index contributed by atoms with van der Waals surface area (Å²) < 4.78 is 0. The predicted molar refractivity (Wildman–Crippen MR) is 63.8 cm³/mol. The van der Waals surface area contributed by atoms with Crippen molar-refractivity contribution in [3.63, 3.8) is 0 Å². The third-order valence-electron chi connectivity index (χ3n) is 2.83. The smallest absolute Gasteiger partial charge is 0.120 e. The Labute approximate surface area is 92.1 Å². The number of hydrogen-bond donors (Lipinski definition) is 2. The largest absolute Gasteiger partial charge is 0.508 e. The molecule has 0 spiro atoms. The first-order valence-electron chi connectivity index (χ1n) is 5.71. The fraction of sp³-hybridized carbons (Fsp3) is 0.538. The lowest BCUT2D eigenvalue weighted by Crippen LogP contribution is -2.36. The molecule has 0 aromatic heterocycles. The second-order valence-corrected chi connectivity index (χ2v) is 4.17. The molecule has 0 aliphatic heterocycles. The Morgan fingerprint density at radius 1 is 1.13 bits per heavy atom. The molecule has 2 nitrogen and oxygen atoms in total. The maximum absolute atomic E-state index is 9.82. The zero-order valence-corrected chi connectivity index (χ0v) is 9.66. The van der Waals surface area contributed by atoms with Crippen molar-refractivity contribution in [2.45, 2.75) is 45.1 Å². The van der Waals surface area contributed by atoms with Gasteiger partial charge in [-0.05, 0) is 18.9 Å². The van der Waals surface area contributed by atoms with Crippen LogP contribution in [0.2, 0.25) is 0 Å². The highest BCUT2D eigenvalue weighted by Gasteiger charge is 2.27. The van der Waals surface area contributed by atoms with Crippen LogP contribution in [-0.2, 0) is 5.54 Å². The van der Waals surface area contributed by atoms with Gasteiger partial charge in [0.25, 0.3) is 0 Å². The highest BCUT2D eigenvalue weighted by Crippen LogP contribution is 2.34. The average Bonchev–Trinajstić information content (AvgIpc) is 2.19. The van der Waals surface area contributed by atoms with Gasteiger partial charge in [0, 0.05) is 11.1 Å². The first-order chi connectivity index (χ1) is 7.14. The standard InChI is InChI=1S/C13H21NO/c1-3-9-13(14,10-4-2)11-7-5-6-8-12(11)15/h5-8,15H,3-4,9-10,14H2,1-2H3. The average molecular weight is 207 g/mol. The number of nitrogens with two attached hydrogens (primary N) is 1. The lowest BCUT2D eigenvalue weighted by Gasteiger charge is -2.30. The zero-order valence-electron chi connectivity index (χ0n) is 9.66. The molecule has 2 heteroatoms. The van der Waals surface area contributed by atoms with E-state index in [1.165, 1.54) is 0 Å². The monoisotopic (exact) mass is 207 g/mol. The Balaban J connectivity index is 3.03.